The molecule has 0 aromatic heterocycles. The van der Waals surface area contributed by atoms with E-state index in [1.165, 1.54) is 24.0 Å². The molecule has 0 saturated heterocycles. The summed E-state index contributed by atoms with van der Waals surface area (Å²) in [6.07, 6.45) is 19.2. The minimum atomic E-state index is -0.167. The zero-order valence-electron chi connectivity index (χ0n) is 19.5. The van der Waals surface area contributed by atoms with Crippen molar-refractivity contribution in [1.82, 2.24) is 0 Å². The summed E-state index contributed by atoms with van der Waals surface area (Å²) in [6, 6.07) is 0. The molecule has 0 unspecified atom stereocenters. The summed E-state index contributed by atoms with van der Waals surface area (Å²) in [5.41, 5.74) is 2.93. The summed E-state index contributed by atoms with van der Waals surface area (Å²) in [5.74, 6) is 1.57. The first-order valence-electron chi connectivity index (χ1n) is 10.3. The van der Waals surface area contributed by atoms with Crippen molar-refractivity contribution >= 4 is 4.26 Å². The molecule has 0 bridgehead atoms. The Hall–Kier alpha value is -0.380. The molecule has 28 heavy (non-hydrogen) atoms. The number of allylic oxidation sites excluding steroid dienone is 8. The van der Waals surface area contributed by atoms with Crippen molar-refractivity contribution in [3.63, 3.8) is 0 Å². The number of rotatable bonds is 4. The monoisotopic (exact) mass is 556 g/mol. The molecule has 0 atom stereocenters. The van der Waals surface area contributed by atoms with Crippen LogP contribution in [0.15, 0.2) is 35.5 Å². The van der Waals surface area contributed by atoms with Crippen LogP contribution in [0.2, 0.25) is 0 Å². The molecule has 0 fully saturated rings. The third kappa shape index (κ3) is 33.2. The molecular formula is C25H44HfO2. The van der Waals surface area contributed by atoms with Gasteiger partial charge in [0.1, 0.15) is 0 Å². The van der Waals surface area contributed by atoms with Gasteiger partial charge in [-0.05, 0) is 27.7 Å². The van der Waals surface area contributed by atoms with Crippen LogP contribution >= 0.6 is 0 Å². The first kappa shape index (κ1) is 32.3. The van der Waals surface area contributed by atoms with E-state index in [9.17, 15) is 0 Å². The Labute approximate surface area is 190 Å². The summed E-state index contributed by atoms with van der Waals surface area (Å²) in [7, 11) is 0. The van der Waals surface area contributed by atoms with Crippen molar-refractivity contribution in [2.45, 2.75) is 93.3 Å². The molecule has 160 valence electrons. The summed E-state index contributed by atoms with van der Waals surface area (Å²) in [5, 5.41) is 16.1. The van der Waals surface area contributed by atoms with Gasteiger partial charge >= 0.3 is 28.2 Å². The molecule has 0 heterocycles. The van der Waals surface area contributed by atoms with Gasteiger partial charge in [-0.1, -0.05) is 52.4 Å². The number of hydrogen-bond acceptors (Lipinski definition) is 2. The molecule has 2 N–H and O–H groups in total. The Morgan fingerprint density at radius 1 is 0.750 bits per heavy atom. The van der Waals surface area contributed by atoms with Crippen molar-refractivity contribution in [2.75, 3.05) is 0 Å². The number of hydrogen-bond donors (Lipinski definition) is 2. The first-order valence-corrected chi connectivity index (χ1v) is 12.8. The predicted molar refractivity (Wildman–Crippen MR) is 122 cm³/mol. The Balaban J connectivity index is -0.000000309. The van der Waals surface area contributed by atoms with Gasteiger partial charge in [0.05, 0.1) is 0 Å². The van der Waals surface area contributed by atoms with Crippen LogP contribution in [-0.4, -0.2) is 26.7 Å². The number of aliphatic hydroxyl groups excluding tert-OH is 2. The van der Waals surface area contributed by atoms with Gasteiger partial charge < -0.3 is 10.2 Å². The molecule has 2 aliphatic rings. The van der Waals surface area contributed by atoms with Gasteiger partial charge in [-0.15, -0.1) is 12.8 Å². The normalized spacial score (nSPS) is 13.7. The molecule has 0 radical (unpaired) electrons. The molecule has 2 nitrogen and oxygen atoms in total. The third-order valence-electron chi connectivity index (χ3n) is 2.83. The van der Waals surface area contributed by atoms with Gasteiger partial charge in [0.2, 0.25) is 0 Å². The fraction of sp³-hybridized carbons (Fsp3) is 0.640. The predicted octanol–water partition coefficient (Wildman–Crippen LogP) is 6.18. The van der Waals surface area contributed by atoms with E-state index in [2.05, 4.69) is 68.4 Å². The van der Waals surface area contributed by atoms with E-state index in [1.807, 2.05) is 0 Å². The Morgan fingerprint density at radius 2 is 1.00 bits per heavy atom. The topological polar surface area (TPSA) is 40.5 Å². The van der Waals surface area contributed by atoms with E-state index in [0.29, 0.717) is 0 Å². The van der Waals surface area contributed by atoms with E-state index in [1.54, 1.807) is 27.7 Å². The van der Waals surface area contributed by atoms with Gasteiger partial charge in [0.15, 0.2) is 0 Å². The van der Waals surface area contributed by atoms with Crippen LogP contribution in [0, 0.1) is 24.0 Å². The molecule has 0 aromatic rings. The van der Waals surface area contributed by atoms with Crippen molar-refractivity contribution in [2.24, 2.45) is 11.8 Å². The van der Waals surface area contributed by atoms with Crippen molar-refractivity contribution in [3.05, 3.63) is 47.6 Å². The third-order valence-corrected chi connectivity index (χ3v) is 2.83. The maximum atomic E-state index is 8.06. The van der Waals surface area contributed by atoms with Gasteiger partial charge in [-0.25, -0.2) is 23.3 Å². The second-order valence-corrected chi connectivity index (χ2v) is 8.05. The summed E-state index contributed by atoms with van der Waals surface area (Å²) in [6.45, 7) is 15.9. The molecule has 0 amide bonds. The fourth-order valence-electron chi connectivity index (χ4n) is 2.11. The molecule has 0 saturated carbocycles. The summed E-state index contributed by atoms with van der Waals surface area (Å²) >= 11 is 1.06. The fourth-order valence-corrected chi connectivity index (χ4v) is 2.11. The Kier molecular flexibility index (Phi) is 26.4. The molecule has 2 rings (SSSR count). The average molecular weight is 555 g/mol. The second kappa shape index (κ2) is 22.9. The molecule has 0 aromatic carbocycles. The van der Waals surface area contributed by atoms with Crippen LogP contribution in [-0.2, 0) is 23.9 Å². The van der Waals surface area contributed by atoms with Gasteiger partial charge in [-0.3, -0.25) is 12.2 Å². The maximum absolute atomic E-state index is 8.06. The van der Waals surface area contributed by atoms with Crippen LogP contribution in [0.4, 0.5) is 0 Å². The Bertz CT molecular complexity index is 408. The SMILES string of the molecule is CC(C)CC1=CC[C-]=C1.CC(C)CC1=CC[C-]=C1.CC(C)O.CC(C)O.[CH2]=[Hf+2]. The van der Waals surface area contributed by atoms with Crippen molar-refractivity contribution in [1.29, 1.82) is 0 Å². The van der Waals surface area contributed by atoms with Crippen LogP contribution in [0.25, 0.3) is 0 Å². The quantitative estimate of drug-likeness (QED) is 0.322. The summed E-state index contributed by atoms with van der Waals surface area (Å²) < 4.78 is 3.39. The first-order chi connectivity index (χ1) is 13.0. The van der Waals surface area contributed by atoms with Crippen LogP contribution in [0.5, 0.6) is 0 Å². The van der Waals surface area contributed by atoms with Gasteiger partial charge in [0, 0.05) is 12.2 Å². The molecular weight excluding hydrogens is 511 g/mol. The van der Waals surface area contributed by atoms with Crippen molar-refractivity contribution in [3.8, 4) is 0 Å². The van der Waals surface area contributed by atoms with Gasteiger partial charge in [0.25, 0.3) is 0 Å². The minimum absolute atomic E-state index is 0.167. The van der Waals surface area contributed by atoms with Crippen LogP contribution in [0.1, 0.15) is 81.1 Å². The zero-order valence-corrected chi connectivity index (χ0v) is 23.1. The summed E-state index contributed by atoms with van der Waals surface area (Å²) in [4.78, 5) is 0. The molecule has 0 aliphatic heterocycles. The van der Waals surface area contributed by atoms with Crippen molar-refractivity contribution < 1.29 is 34.1 Å². The standard InChI is InChI=1S/2C9H13.2C3H8O.CH2.Hf/c2*1-8(2)7-9-5-3-4-6-9;2*1-3(2)4;;/h2*5-6,8H,3,7H2,1-2H3;2*3-4H,1-2H3;1H2;/q2*-1;;;;+2. The zero-order chi connectivity index (χ0) is 22.5. The van der Waals surface area contributed by atoms with Crippen LogP contribution in [0.3, 0.4) is 0 Å². The van der Waals surface area contributed by atoms with E-state index >= 15 is 0 Å². The average Bonchev–Trinajstić information content (AvgIpc) is 3.21. The van der Waals surface area contributed by atoms with E-state index in [4.69, 9.17) is 10.2 Å². The molecule has 2 aliphatic carbocycles. The van der Waals surface area contributed by atoms with E-state index < -0.39 is 0 Å². The van der Waals surface area contributed by atoms with E-state index in [-0.39, 0.29) is 12.2 Å². The second-order valence-electron chi connectivity index (χ2n) is 8.05. The molecule has 0 spiro atoms. The van der Waals surface area contributed by atoms with E-state index in [0.717, 1.165) is 48.6 Å². The Morgan fingerprint density at radius 3 is 1.14 bits per heavy atom. The van der Waals surface area contributed by atoms with Crippen LogP contribution < -0.4 is 0 Å². The molecule has 3 heteroatoms. The number of aliphatic hydroxyl groups is 2. The van der Waals surface area contributed by atoms with Gasteiger partial charge in [-0.2, -0.15) is 12.2 Å².